The molecule has 2 heterocycles. The van der Waals surface area contributed by atoms with Gasteiger partial charge >= 0.3 is 5.97 Å². The molecule has 1 amide bonds. The fourth-order valence-electron chi connectivity index (χ4n) is 2.55. The van der Waals surface area contributed by atoms with Crippen LogP contribution in [-0.2, 0) is 14.3 Å². The summed E-state index contributed by atoms with van der Waals surface area (Å²) in [5.41, 5.74) is 1.00. The Morgan fingerprint density at radius 3 is 2.65 bits per heavy atom. The molecule has 1 atom stereocenters. The number of ether oxygens (including phenoxy) is 2. The largest absolute Gasteiger partial charge is 0.452 e. The fourth-order valence-corrected chi connectivity index (χ4v) is 2.55. The smallest absolute Gasteiger partial charge is 0.342 e. The van der Waals surface area contributed by atoms with Crippen molar-refractivity contribution >= 4 is 11.9 Å². The maximum absolute atomic E-state index is 12.4. The first-order valence-electron chi connectivity index (χ1n) is 8.38. The lowest BCUT2D eigenvalue weighted by atomic mass is 10.1. The fraction of sp³-hybridized carbons (Fsp3) is 0.444. The monoisotopic (exact) mass is 360 g/mol. The number of hydrogen-bond acceptors (Lipinski definition) is 6. The lowest BCUT2D eigenvalue weighted by molar-refractivity contribution is -0.125. The first-order chi connectivity index (χ1) is 12.4. The number of methoxy groups -OCH3 is 1. The van der Waals surface area contributed by atoms with Crippen molar-refractivity contribution in [3.05, 3.63) is 41.9 Å². The predicted octanol–water partition coefficient (Wildman–Crippen LogP) is 1.70. The van der Waals surface area contributed by atoms with Gasteiger partial charge in [-0.25, -0.2) is 14.5 Å². The molecule has 2 rings (SSSR count). The molecule has 0 aliphatic rings. The van der Waals surface area contributed by atoms with Crippen LogP contribution in [0.5, 0.6) is 0 Å². The van der Waals surface area contributed by atoms with Gasteiger partial charge in [0.1, 0.15) is 5.56 Å². The van der Waals surface area contributed by atoms with Crippen LogP contribution in [0, 0.1) is 0 Å². The van der Waals surface area contributed by atoms with E-state index in [1.165, 1.54) is 6.20 Å². The van der Waals surface area contributed by atoms with Gasteiger partial charge in [0.05, 0.1) is 18.5 Å². The van der Waals surface area contributed by atoms with Gasteiger partial charge in [0.15, 0.2) is 12.4 Å². The number of nitrogens with zero attached hydrogens (tertiary/aromatic N) is 3. The molecule has 140 valence electrons. The highest BCUT2D eigenvalue weighted by Crippen LogP contribution is 2.22. The first-order valence-corrected chi connectivity index (χ1v) is 8.38. The highest BCUT2D eigenvalue weighted by molar-refractivity contribution is 5.92. The van der Waals surface area contributed by atoms with Gasteiger partial charge in [0, 0.05) is 19.3 Å². The molecule has 0 radical (unpaired) electrons. The molecular formula is C18H24N4O4. The van der Waals surface area contributed by atoms with E-state index in [1.54, 1.807) is 37.0 Å². The summed E-state index contributed by atoms with van der Waals surface area (Å²) in [5.74, 6) is -0.351. The predicted molar refractivity (Wildman–Crippen MR) is 95.2 cm³/mol. The quantitative estimate of drug-likeness (QED) is 0.720. The average molecular weight is 360 g/mol. The molecule has 26 heavy (non-hydrogen) atoms. The minimum atomic E-state index is -0.592. The highest BCUT2D eigenvalue weighted by Gasteiger charge is 2.23. The van der Waals surface area contributed by atoms with Gasteiger partial charge in [-0.05, 0) is 25.0 Å². The molecule has 0 spiro atoms. The third-order valence-electron chi connectivity index (χ3n) is 3.60. The summed E-state index contributed by atoms with van der Waals surface area (Å²) in [6, 6.07) is 5.29. The van der Waals surface area contributed by atoms with Gasteiger partial charge in [0.25, 0.3) is 5.91 Å². The molecule has 2 aromatic rings. The Bertz CT molecular complexity index is 743. The van der Waals surface area contributed by atoms with E-state index < -0.39 is 5.97 Å². The molecule has 0 aliphatic heterocycles. The highest BCUT2D eigenvalue weighted by atomic mass is 16.5. The van der Waals surface area contributed by atoms with Crippen LogP contribution in [0.3, 0.4) is 0 Å². The van der Waals surface area contributed by atoms with E-state index in [2.05, 4.69) is 15.4 Å². The molecule has 1 unspecified atom stereocenters. The van der Waals surface area contributed by atoms with E-state index in [-0.39, 0.29) is 24.5 Å². The van der Waals surface area contributed by atoms with Crippen molar-refractivity contribution in [1.82, 2.24) is 20.1 Å². The van der Waals surface area contributed by atoms with E-state index in [1.807, 2.05) is 19.9 Å². The van der Waals surface area contributed by atoms with Crippen molar-refractivity contribution in [2.75, 3.05) is 20.3 Å². The molecule has 0 saturated carbocycles. The van der Waals surface area contributed by atoms with E-state index in [0.717, 1.165) is 0 Å². The number of nitrogens with one attached hydrogen (secondary N) is 1. The van der Waals surface area contributed by atoms with Crippen LogP contribution in [-0.4, -0.2) is 53.0 Å². The maximum Gasteiger partial charge on any atom is 0.342 e. The van der Waals surface area contributed by atoms with E-state index in [4.69, 9.17) is 9.47 Å². The standard InChI is InChI=1S/C18H24N4O4/c1-12(2)17-14(9-20-22(17)15-7-5-6-8-19-15)18(24)26-11-16(23)21-13(3)10-25-4/h5-9,12-13H,10-11H2,1-4H3,(H,21,23). The SMILES string of the molecule is COCC(C)NC(=O)COC(=O)c1cnn(-c2ccccn2)c1C(C)C. The number of rotatable bonds is 8. The van der Waals surface area contributed by atoms with Gasteiger partial charge in [-0.3, -0.25) is 4.79 Å². The Morgan fingerprint density at radius 2 is 2.04 bits per heavy atom. The van der Waals surface area contributed by atoms with Crippen molar-refractivity contribution in [3.8, 4) is 5.82 Å². The van der Waals surface area contributed by atoms with Crippen LogP contribution in [0.25, 0.3) is 5.82 Å². The van der Waals surface area contributed by atoms with Crippen molar-refractivity contribution in [1.29, 1.82) is 0 Å². The Balaban J connectivity index is 2.10. The molecule has 0 aliphatic carbocycles. The van der Waals surface area contributed by atoms with Gasteiger partial charge in [0.2, 0.25) is 0 Å². The zero-order valence-corrected chi connectivity index (χ0v) is 15.4. The van der Waals surface area contributed by atoms with Gasteiger partial charge < -0.3 is 14.8 Å². The van der Waals surface area contributed by atoms with Crippen molar-refractivity contribution in [2.24, 2.45) is 0 Å². The van der Waals surface area contributed by atoms with Crippen LogP contribution < -0.4 is 5.32 Å². The van der Waals surface area contributed by atoms with Crippen molar-refractivity contribution < 1.29 is 19.1 Å². The third kappa shape index (κ3) is 4.89. The van der Waals surface area contributed by atoms with E-state index in [0.29, 0.717) is 23.7 Å². The molecule has 0 fully saturated rings. The number of carbonyl (C=O) groups is 2. The van der Waals surface area contributed by atoms with Crippen molar-refractivity contribution in [3.63, 3.8) is 0 Å². The number of carbonyl (C=O) groups excluding carboxylic acids is 2. The summed E-state index contributed by atoms with van der Waals surface area (Å²) in [6.45, 7) is 5.73. The van der Waals surface area contributed by atoms with Gasteiger partial charge in [-0.1, -0.05) is 19.9 Å². The number of amides is 1. The minimum absolute atomic E-state index is 0.0117. The molecule has 8 heteroatoms. The van der Waals surface area contributed by atoms with Gasteiger partial charge in [-0.2, -0.15) is 5.10 Å². The van der Waals surface area contributed by atoms with E-state index >= 15 is 0 Å². The molecule has 0 aromatic carbocycles. The normalized spacial score (nSPS) is 12.0. The van der Waals surface area contributed by atoms with Crippen LogP contribution in [0.15, 0.2) is 30.6 Å². The second-order valence-electron chi connectivity index (χ2n) is 6.20. The summed E-state index contributed by atoms with van der Waals surface area (Å²) < 4.78 is 11.7. The summed E-state index contributed by atoms with van der Waals surface area (Å²) in [4.78, 5) is 28.5. The second-order valence-corrected chi connectivity index (χ2v) is 6.20. The Labute approximate surface area is 152 Å². The summed E-state index contributed by atoms with van der Waals surface area (Å²) in [6.07, 6.45) is 3.10. The number of pyridine rings is 1. The number of hydrogen-bond donors (Lipinski definition) is 1. The Morgan fingerprint density at radius 1 is 1.27 bits per heavy atom. The maximum atomic E-state index is 12.4. The van der Waals surface area contributed by atoms with Crippen LogP contribution in [0.2, 0.25) is 0 Å². The lowest BCUT2D eigenvalue weighted by Crippen LogP contribution is -2.38. The number of aromatic nitrogens is 3. The molecule has 1 N–H and O–H groups in total. The zero-order chi connectivity index (χ0) is 19.1. The first kappa shape index (κ1) is 19.6. The van der Waals surface area contributed by atoms with E-state index in [9.17, 15) is 9.59 Å². The molecule has 0 bridgehead atoms. The van der Waals surface area contributed by atoms with Gasteiger partial charge in [-0.15, -0.1) is 0 Å². The zero-order valence-electron chi connectivity index (χ0n) is 15.4. The molecule has 8 nitrogen and oxygen atoms in total. The minimum Gasteiger partial charge on any atom is -0.452 e. The molecule has 2 aromatic heterocycles. The summed E-state index contributed by atoms with van der Waals surface area (Å²) in [5, 5.41) is 6.95. The lowest BCUT2D eigenvalue weighted by Gasteiger charge is -2.13. The topological polar surface area (TPSA) is 95.3 Å². The molecule has 0 saturated heterocycles. The third-order valence-corrected chi connectivity index (χ3v) is 3.60. The molecular weight excluding hydrogens is 336 g/mol. The average Bonchev–Trinajstić information content (AvgIpc) is 3.06. The van der Waals surface area contributed by atoms with Crippen LogP contribution in [0.1, 0.15) is 42.7 Å². The van der Waals surface area contributed by atoms with Crippen molar-refractivity contribution in [2.45, 2.75) is 32.7 Å². The second kappa shape index (κ2) is 9.10. The Hall–Kier alpha value is -2.74. The summed E-state index contributed by atoms with van der Waals surface area (Å²) >= 11 is 0. The summed E-state index contributed by atoms with van der Waals surface area (Å²) in [7, 11) is 1.55. The number of esters is 1. The Kier molecular flexibility index (Phi) is 6.85. The van der Waals surface area contributed by atoms with Crippen LogP contribution in [0.4, 0.5) is 0 Å². The van der Waals surface area contributed by atoms with Crippen LogP contribution >= 0.6 is 0 Å².